The van der Waals surface area contributed by atoms with Gasteiger partial charge in [0.2, 0.25) is 0 Å². The smallest absolute Gasteiger partial charge is 0.0645 e. The first-order valence-corrected chi connectivity index (χ1v) is 10.4. The molecule has 146 valence electrons. The van der Waals surface area contributed by atoms with E-state index in [1.165, 1.54) is 43.6 Å². The molecule has 0 aliphatic rings. The molecule has 3 nitrogen and oxygen atoms in total. The maximum atomic E-state index is 4.42. The minimum Gasteiger partial charge on any atom is -0.335 e. The van der Waals surface area contributed by atoms with Gasteiger partial charge in [-0.1, -0.05) is 42.5 Å². The Labute approximate surface area is 175 Å². The summed E-state index contributed by atoms with van der Waals surface area (Å²) in [4.78, 5) is 4.42. The lowest BCUT2D eigenvalue weighted by atomic mass is 10.1. The molecular weight excluding hydrogens is 366 g/mol. The van der Waals surface area contributed by atoms with Crippen LogP contribution < -0.4 is 0 Å². The molecule has 3 aromatic carbocycles. The third kappa shape index (κ3) is 2.23. The molecule has 30 heavy (non-hydrogen) atoms. The van der Waals surface area contributed by atoms with E-state index >= 15 is 0 Å². The number of hydrogen-bond donors (Lipinski definition) is 0. The van der Waals surface area contributed by atoms with Crippen LogP contribution in [-0.2, 0) is 5.54 Å². The Morgan fingerprint density at radius 3 is 2.13 bits per heavy atom. The zero-order valence-electron chi connectivity index (χ0n) is 17.4. The second kappa shape index (κ2) is 5.96. The molecule has 0 amide bonds. The lowest BCUT2D eigenvalue weighted by molar-refractivity contribution is 0.423. The molecule has 0 aliphatic heterocycles. The zero-order valence-corrected chi connectivity index (χ0v) is 17.4. The van der Waals surface area contributed by atoms with Crippen molar-refractivity contribution in [2.75, 3.05) is 0 Å². The summed E-state index contributed by atoms with van der Waals surface area (Å²) in [5, 5.41) is 5.14. The van der Waals surface area contributed by atoms with Gasteiger partial charge in [-0.25, -0.2) is 0 Å². The van der Waals surface area contributed by atoms with Crippen LogP contribution in [0.3, 0.4) is 0 Å². The van der Waals surface area contributed by atoms with E-state index in [0.29, 0.717) is 0 Å². The highest BCUT2D eigenvalue weighted by molar-refractivity contribution is 6.25. The van der Waals surface area contributed by atoms with Gasteiger partial charge >= 0.3 is 0 Å². The zero-order chi connectivity index (χ0) is 20.5. The highest BCUT2D eigenvalue weighted by Crippen LogP contribution is 2.42. The fourth-order valence-electron chi connectivity index (χ4n) is 4.99. The number of benzene rings is 3. The van der Waals surface area contributed by atoms with Gasteiger partial charge in [-0.05, 0) is 51.1 Å². The number of hydrogen-bond acceptors (Lipinski definition) is 1. The van der Waals surface area contributed by atoms with Crippen LogP contribution in [0.5, 0.6) is 0 Å². The van der Waals surface area contributed by atoms with Crippen molar-refractivity contribution in [1.82, 2.24) is 14.1 Å². The van der Waals surface area contributed by atoms with Gasteiger partial charge in [0, 0.05) is 38.8 Å². The van der Waals surface area contributed by atoms with Crippen molar-refractivity contribution < 1.29 is 0 Å². The van der Waals surface area contributed by atoms with Crippen LogP contribution in [0, 0.1) is 0 Å². The number of pyridine rings is 1. The first kappa shape index (κ1) is 17.3. The van der Waals surface area contributed by atoms with Crippen molar-refractivity contribution in [3.05, 3.63) is 85.2 Å². The lowest BCUT2D eigenvalue weighted by Crippen LogP contribution is -2.21. The van der Waals surface area contributed by atoms with Crippen LogP contribution in [0.25, 0.3) is 49.3 Å². The predicted octanol–water partition coefficient (Wildman–Crippen LogP) is 7.04. The van der Waals surface area contributed by atoms with Crippen LogP contribution in [0.1, 0.15) is 20.8 Å². The Morgan fingerprint density at radius 1 is 0.667 bits per heavy atom. The Balaban J connectivity index is 1.95. The molecule has 0 aliphatic carbocycles. The van der Waals surface area contributed by atoms with Gasteiger partial charge in [-0.2, -0.15) is 0 Å². The van der Waals surface area contributed by atoms with Gasteiger partial charge in [0.25, 0.3) is 0 Å². The van der Waals surface area contributed by atoms with Crippen molar-refractivity contribution in [2.24, 2.45) is 0 Å². The number of para-hydroxylation sites is 2. The Kier molecular flexibility index (Phi) is 3.43. The largest absolute Gasteiger partial charge is 0.335 e. The lowest BCUT2D eigenvalue weighted by Gasteiger charge is -2.24. The molecule has 0 saturated carbocycles. The maximum Gasteiger partial charge on any atom is 0.0645 e. The van der Waals surface area contributed by atoms with Gasteiger partial charge in [-0.3, -0.25) is 4.98 Å². The second-order valence-electron chi connectivity index (χ2n) is 8.94. The fraction of sp³-hybridized carbons (Fsp3) is 0.148. The van der Waals surface area contributed by atoms with Crippen molar-refractivity contribution in [3.63, 3.8) is 0 Å². The molecular formula is C27H23N3. The van der Waals surface area contributed by atoms with Crippen molar-refractivity contribution >= 4 is 43.6 Å². The molecule has 3 heterocycles. The highest BCUT2D eigenvalue weighted by atomic mass is 15.1. The average molecular weight is 390 g/mol. The summed E-state index contributed by atoms with van der Waals surface area (Å²) < 4.78 is 4.85. The van der Waals surface area contributed by atoms with Crippen LogP contribution in [-0.4, -0.2) is 14.1 Å². The van der Waals surface area contributed by atoms with Crippen LogP contribution >= 0.6 is 0 Å². The SMILES string of the molecule is CC(C)(C)n1c2ccccc2c2c3c(ccc21)c1ccccc1n3-c1cccnc1. The van der Waals surface area contributed by atoms with E-state index in [-0.39, 0.29) is 5.54 Å². The van der Waals surface area contributed by atoms with Gasteiger partial charge in [-0.15, -0.1) is 0 Å². The van der Waals surface area contributed by atoms with E-state index < -0.39 is 0 Å². The van der Waals surface area contributed by atoms with Gasteiger partial charge in [0.05, 0.1) is 28.4 Å². The van der Waals surface area contributed by atoms with Crippen molar-refractivity contribution in [3.8, 4) is 5.69 Å². The third-order valence-corrected chi connectivity index (χ3v) is 6.04. The topological polar surface area (TPSA) is 22.8 Å². The minimum absolute atomic E-state index is 0.0276. The highest BCUT2D eigenvalue weighted by Gasteiger charge is 2.24. The monoisotopic (exact) mass is 389 g/mol. The van der Waals surface area contributed by atoms with E-state index in [1.807, 2.05) is 18.5 Å². The van der Waals surface area contributed by atoms with Crippen molar-refractivity contribution in [2.45, 2.75) is 26.3 Å². The molecule has 0 radical (unpaired) electrons. The van der Waals surface area contributed by atoms with Gasteiger partial charge < -0.3 is 9.13 Å². The molecule has 0 saturated heterocycles. The fourth-order valence-corrected chi connectivity index (χ4v) is 4.99. The molecule has 3 heteroatoms. The maximum absolute atomic E-state index is 4.42. The Morgan fingerprint density at radius 2 is 1.40 bits per heavy atom. The van der Waals surface area contributed by atoms with Crippen molar-refractivity contribution in [1.29, 1.82) is 0 Å². The Bertz CT molecular complexity index is 1560. The first-order valence-electron chi connectivity index (χ1n) is 10.4. The number of rotatable bonds is 1. The summed E-state index contributed by atoms with van der Waals surface area (Å²) in [6, 6.07) is 26.2. The minimum atomic E-state index is -0.0276. The molecule has 6 rings (SSSR count). The first-order chi connectivity index (χ1) is 14.6. The molecule has 0 N–H and O–H groups in total. The van der Waals surface area contributed by atoms with Crippen LogP contribution in [0.2, 0.25) is 0 Å². The molecule has 0 fully saturated rings. The quantitative estimate of drug-likeness (QED) is 0.296. The normalized spacial score (nSPS) is 12.5. The summed E-state index contributed by atoms with van der Waals surface area (Å²) in [5.41, 5.74) is 6.06. The van der Waals surface area contributed by atoms with E-state index in [2.05, 4.69) is 102 Å². The number of aromatic nitrogens is 3. The molecule has 3 aromatic heterocycles. The molecule has 0 bridgehead atoms. The average Bonchev–Trinajstić information content (AvgIpc) is 3.27. The predicted molar refractivity (Wildman–Crippen MR) is 127 cm³/mol. The molecule has 0 unspecified atom stereocenters. The summed E-state index contributed by atoms with van der Waals surface area (Å²) in [6.07, 6.45) is 3.78. The third-order valence-electron chi connectivity index (χ3n) is 6.04. The van der Waals surface area contributed by atoms with E-state index in [0.717, 1.165) is 5.69 Å². The number of fused-ring (bicyclic) bond motifs is 7. The number of nitrogens with zero attached hydrogens (tertiary/aromatic N) is 3. The van der Waals surface area contributed by atoms with Gasteiger partial charge in [0.15, 0.2) is 0 Å². The molecule has 0 atom stereocenters. The second-order valence-corrected chi connectivity index (χ2v) is 8.94. The molecule has 6 aromatic rings. The summed E-state index contributed by atoms with van der Waals surface area (Å²) in [7, 11) is 0. The molecule has 0 spiro atoms. The summed E-state index contributed by atoms with van der Waals surface area (Å²) in [5.74, 6) is 0. The summed E-state index contributed by atoms with van der Waals surface area (Å²) in [6.45, 7) is 6.83. The van der Waals surface area contributed by atoms with Gasteiger partial charge in [0.1, 0.15) is 0 Å². The standard InChI is InChI=1S/C27H23N3/c1-27(2,3)30-23-13-7-5-11-21(23)25-24(30)15-14-20-19-10-4-6-12-22(19)29(26(20)25)18-9-8-16-28-17-18/h4-17H,1-3H3. The van der Waals surface area contributed by atoms with E-state index in [4.69, 9.17) is 0 Å². The van der Waals surface area contributed by atoms with E-state index in [1.54, 1.807) is 0 Å². The van der Waals surface area contributed by atoms with E-state index in [9.17, 15) is 0 Å². The Hall–Kier alpha value is -3.59. The summed E-state index contributed by atoms with van der Waals surface area (Å²) >= 11 is 0. The van der Waals surface area contributed by atoms with Crippen LogP contribution in [0.15, 0.2) is 85.2 Å². The van der Waals surface area contributed by atoms with Crippen LogP contribution in [0.4, 0.5) is 0 Å².